The topological polar surface area (TPSA) is 64.1 Å². The average Bonchev–Trinajstić information content (AvgIpc) is 2.83. The molecule has 0 radical (unpaired) electrons. The third kappa shape index (κ3) is 9.35. The monoisotopic (exact) mass is 491 g/mol. The SMILES string of the molecule is CC/C(C)=C(/C=C\C(CC(F)F)=C(/C)c1ccnc(OC(F)F)c1)Cc1ccc(CNC=O)nc1. The van der Waals surface area contributed by atoms with Crippen LogP contribution in [-0.2, 0) is 17.8 Å². The number of hydrogen-bond donors (Lipinski definition) is 1. The highest BCUT2D eigenvalue weighted by atomic mass is 19.3. The van der Waals surface area contributed by atoms with Gasteiger partial charge < -0.3 is 10.1 Å². The Morgan fingerprint density at radius 3 is 2.43 bits per heavy atom. The molecule has 0 spiro atoms. The summed E-state index contributed by atoms with van der Waals surface area (Å²) >= 11 is 0. The van der Waals surface area contributed by atoms with Gasteiger partial charge in [0.1, 0.15) is 0 Å². The van der Waals surface area contributed by atoms with Gasteiger partial charge in [-0.2, -0.15) is 8.78 Å². The second kappa shape index (κ2) is 14.0. The van der Waals surface area contributed by atoms with E-state index < -0.39 is 19.5 Å². The van der Waals surface area contributed by atoms with Gasteiger partial charge in [-0.3, -0.25) is 9.78 Å². The highest BCUT2D eigenvalue weighted by molar-refractivity contribution is 5.70. The molecule has 1 N–H and O–H groups in total. The normalized spacial score (nSPS) is 13.2. The Hall–Kier alpha value is -3.49. The zero-order chi connectivity index (χ0) is 25.8. The third-order valence-corrected chi connectivity index (χ3v) is 5.44. The second-order valence-electron chi connectivity index (χ2n) is 7.83. The van der Waals surface area contributed by atoms with E-state index in [1.54, 1.807) is 25.3 Å². The van der Waals surface area contributed by atoms with E-state index in [0.717, 1.165) is 28.8 Å². The number of ether oxygens (including phenoxy) is 1. The summed E-state index contributed by atoms with van der Waals surface area (Å²) < 4.78 is 56.2. The van der Waals surface area contributed by atoms with Crippen molar-refractivity contribution in [3.8, 4) is 5.88 Å². The summed E-state index contributed by atoms with van der Waals surface area (Å²) in [6.45, 7) is 2.96. The Labute approximate surface area is 202 Å². The first-order chi connectivity index (χ1) is 16.7. The summed E-state index contributed by atoms with van der Waals surface area (Å²) in [6, 6.07) is 6.60. The summed E-state index contributed by atoms with van der Waals surface area (Å²) in [5.74, 6) is -0.279. The van der Waals surface area contributed by atoms with Crippen molar-refractivity contribution in [1.82, 2.24) is 15.3 Å². The van der Waals surface area contributed by atoms with Crippen molar-refractivity contribution in [2.45, 2.75) is 59.6 Å². The highest BCUT2D eigenvalue weighted by Gasteiger charge is 2.13. The quantitative estimate of drug-likeness (QED) is 0.204. The maximum absolute atomic E-state index is 13.4. The summed E-state index contributed by atoms with van der Waals surface area (Å²) in [6.07, 6.45) is 5.35. The minimum atomic E-state index is -3.03. The molecule has 0 unspecified atom stereocenters. The Kier molecular flexibility index (Phi) is 11.1. The number of allylic oxidation sites excluding steroid dienone is 6. The van der Waals surface area contributed by atoms with E-state index in [0.29, 0.717) is 36.1 Å². The molecule has 0 saturated heterocycles. The molecule has 0 aliphatic carbocycles. The average molecular weight is 492 g/mol. The number of amides is 1. The third-order valence-electron chi connectivity index (χ3n) is 5.44. The van der Waals surface area contributed by atoms with Crippen LogP contribution in [0.5, 0.6) is 5.88 Å². The van der Waals surface area contributed by atoms with Gasteiger partial charge in [-0.15, -0.1) is 0 Å². The first-order valence-corrected chi connectivity index (χ1v) is 11.1. The number of alkyl halides is 4. The lowest BCUT2D eigenvalue weighted by molar-refractivity contribution is -0.109. The van der Waals surface area contributed by atoms with Crippen LogP contribution < -0.4 is 10.1 Å². The van der Waals surface area contributed by atoms with E-state index in [2.05, 4.69) is 20.0 Å². The van der Waals surface area contributed by atoms with Crippen molar-refractivity contribution in [2.75, 3.05) is 0 Å². The van der Waals surface area contributed by atoms with Crippen LogP contribution >= 0.6 is 0 Å². The fourth-order valence-electron chi connectivity index (χ4n) is 3.31. The molecule has 2 aromatic rings. The lowest BCUT2D eigenvalue weighted by Gasteiger charge is -2.12. The first kappa shape index (κ1) is 27.8. The molecule has 0 atom stereocenters. The molecule has 0 bridgehead atoms. The minimum Gasteiger partial charge on any atom is -0.417 e. The van der Waals surface area contributed by atoms with Gasteiger partial charge in [0.25, 0.3) is 0 Å². The van der Waals surface area contributed by atoms with Crippen LogP contribution in [0.25, 0.3) is 5.57 Å². The van der Waals surface area contributed by atoms with Gasteiger partial charge in [-0.25, -0.2) is 13.8 Å². The van der Waals surface area contributed by atoms with Gasteiger partial charge in [0.05, 0.1) is 12.2 Å². The molecule has 0 fully saturated rings. The van der Waals surface area contributed by atoms with E-state index in [4.69, 9.17) is 0 Å². The fraction of sp³-hybridized carbons (Fsp3) is 0.346. The van der Waals surface area contributed by atoms with Crippen LogP contribution in [0.2, 0.25) is 0 Å². The van der Waals surface area contributed by atoms with E-state index in [9.17, 15) is 22.4 Å². The van der Waals surface area contributed by atoms with Crippen molar-refractivity contribution in [3.05, 3.63) is 82.4 Å². The Bertz CT molecular complexity index is 1060. The van der Waals surface area contributed by atoms with Gasteiger partial charge in [-0.1, -0.05) is 30.7 Å². The predicted molar refractivity (Wildman–Crippen MR) is 127 cm³/mol. The summed E-state index contributed by atoms with van der Waals surface area (Å²) in [7, 11) is 0. The van der Waals surface area contributed by atoms with Crippen molar-refractivity contribution < 1.29 is 27.1 Å². The molecule has 2 heterocycles. The first-order valence-electron chi connectivity index (χ1n) is 11.1. The fourth-order valence-corrected chi connectivity index (χ4v) is 3.31. The lowest BCUT2D eigenvalue weighted by atomic mass is 9.95. The molecule has 2 aromatic heterocycles. The number of aromatic nitrogens is 2. The number of rotatable bonds is 13. The van der Waals surface area contributed by atoms with E-state index in [1.165, 1.54) is 12.3 Å². The van der Waals surface area contributed by atoms with Crippen LogP contribution in [0.1, 0.15) is 50.4 Å². The zero-order valence-electron chi connectivity index (χ0n) is 19.9. The van der Waals surface area contributed by atoms with Crippen LogP contribution in [-0.4, -0.2) is 29.4 Å². The number of pyridine rings is 2. The molecule has 0 aromatic carbocycles. The number of nitrogens with zero attached hydrogens (tertiary/aromatic N) is 2. The molecule has 2 rings (SSSR count). The number of carbonyl (C=O) groups is 1. The van der Waals surface area contributed by atoms with E-state index >= 15 is 0 Å². The number of carbonyl (C=O) groups excluding carboxylic acids is 1. The summed E-state index contributed by atoms with van der Waals surface area (Å²) in [5.41, 5.74) is 5.08. The Balaban J connectivity index is 2.35. The summed E-state index contributed by atoms with van der Waals surface area (Å²) in [5, 5.41) is 2.56. The number of hydrogen-bond acceptors (Lipinski definition) is 4. The minimum absolute atomic E-state index is 0.279. The van der Waals surface area contributed by atoms with Crippen LogP contribution in [0.4, 0.5) is 17.6 Å². The van der Waals surface area contributed by atoms with Crippen molar-refractivity contribution >= 4 is 12.0 Å². The largest absolute Gasteiger partial charge is 0.417 e. The number of halogens is 4. The molecular formula is C26H29F4N3O2. The van der Waals surface area contributed by atoms with Gasteiger partial charge in [0.15, 0.2) is 0 Å². The molecule has 5 nitrogen and oxygen atoms in total. The molecular weight excluding hydrogens is 462 g/mol. The van der Waals surface area contributed by atoms with Gasteiger partial charge in [0, 0.05) is 24.9 Å². The second-order valence-corrected chi connectivity index (χ2v) is 7.83. The Morgan fingerprint density at radius 1 is 1.09 bits per heavy atom. The number of nitrogens with one attached hydrogen (secondary N) is 1. The van der Waals surface area contributed by atoms with E-state index in [-0.39, 0.29) is 5.88 Å². The smallest absolute Gasteiger partial charge is 0.388 e. The van der Waals surface area contributed by atoms with Gasteiger partial charge >= 0.3 is 6.61 Å². The molecule has 0 aliphatic heterocycles. The van der Waals surface area contributed by atoms with Crippen LogP contribution in [0.3, 0.4) is 0 Å². The standard InChI is InChI=1S/C26H29F4N3O2/c1-4-17(2)20(11-19-5-8-23(33-14-19)15-31-16-34)6-7-21(12-24(27)28)18(3)22-9-10-32-25(13-22)35-26(29)30/h5-10,13-14,16,24,26H,4,11-12,15H2,1-3H3,(H,31,34)/b7-6-,20-17-,21-18-. The van der Waals surface area contributed by atoms with Crippen LogP contribution in [0.15, 0.2) is 65.5 Å². The highest BCUT2D eigenvalue weighted by Crippen LogP contribution is 2.27. The maximum Gasteiger partial charge on any atom is 0.388 e. The molecule has 0 saturated carbocycles. The predicted octanol–water partition coefficient (Wildman–Crippen LogP) is 6.28. The zero-order valence-corrected chi connectivity index (χ0v) is 19.9. The Morgan fingerprint density at radius 2 is 1.83 bits per heavy atom. The van der Waals surface area contributed by atoms with Gasteiger partial charge in [-0.05, 0) is 66.7 Å². The lowest BCUT2D eigenvalue weighted by Crippen LogP contribution is -2.11. The molecule has 9 heteroatoms. The van der Waals surface area contributed by atoms with E-state index in [1.807, 2.05) is 32.1 Å². The summed E-state index contributed by atoms with van der Waals surface area (Å²) in [4.78, 5) is 18.5. The molecule has 1 amide bonds. The van der Waals surface area contributed by atoms with Crippen LogP contribution in [0, 0.1) is 0 Å². The maximum atomic E-state index is 13.4. The molecule has 0 aliphatic rings. The molecule has 35 heavy (non-hydrogen) atoms. The van der Waals surface area contributed by atoms with Gasteiger partial charge in [0.2, 0.25) is 18.7 Å². The molecule has 188 valence electrons. The van der Waals surface area contributed by atoms with Crippen molar-refractivity contribution in [2.24, 2.45) is 0 Å². The van der Waals surface area contributed by atoms with Crippen molar-refractivity contribution in [3.63, 3.8) is 0 Å². The van der Waals surface area contributed by atoms with Crippen molar-refractivity contribution in [1.29, 1.82) is 0 Å².